The van der Waals surface area contributed by atoms with Crippen molar-refractivity contribution >= 4 is 0 Å². The maximum atomic E-state index is 6.65. The summed E-state index contributed by atoms with van der Waals surface area (Å²) >= 11 is 0. The Hall–Kier alpha value is -2.72. The van der Waals surface area contributed by atoms with E-state index in [1.165, 1.54) is 42.6 Å². The Morgan fingerprint density at radius 2 is 1.68 bits per heavy atom. The highest BCUT2D eigenvalue weighted by atomic mass is 16.5. The third-order valence-corrected chi connectivity index (χ3v) is 7.62. The number of nitrogens with zero attached hydrogens (tertiary/aromatic N) is 1. The highest BCUT2D eigenvalue weighted by Crippen LogP contribution is 2.54. The molecule has 0 aromatic heterocycles. The van der Waals surface area contributed by atoms with Crippen molar-refractivity contribution in [3.05, 3.63) is 88.9 Å². The first kappa shape index (κ1) is 23.0. The van der Waals surface area contributed by atoms with E-state index in [0.717, 1.165) is 43.3 Å². The van der Waals surface area contributed by atoms with E-state index in [4.69, 9.17) is 14.2 Å². The molecular formula is C30H37NO3. The molecule has 34 heavy (non-hydrogen) atoms. The second-order valence-electron chi connectivity index (χ2n) is 10.2. The third-order valence-electron chi connectivity index (χ3n) is 7.62. The van der Waals surface area contributed by atoms with Crippen LogP contribution < -0.4 is 4.74 Å². The lowest BCUT2D eigenvalue weighted by atomic mass is 9.66. The van der Waals surface area contributed by atoms with Gasteiger partial charge in [0.25, 0.3) is 0 Å². The molecule has 0 spiro atoms. The fourth-order valence-electron chi connectivity index (χ4n) is 5.92. The van der Waals surface area contributed by atoms with Gasteiger partial charge in [0.2, 0.25) is 0 Å². The van der Waals surface area contributed by atoms with Crippen molar-refractivity contribution in [3.8, 4) is 5.75 Å². The van der Waals surface area contributed by atoms with Gasteiger partial charge in [-0.1, -0.05) is 42.5 Å². The lowest BCUT2D eigenvalue weighted by Gasteiger charge is -2.47. The number of likely N-dealkylation sites (tertiary alicyclic amines) is 1. The summed E-state index contributed by atoms with van der Waals surface area (Å²) in [7, 11) is 1.75. The van der Waals surface area contributed by atoms with Crippen LogP contribution in [0.15, 0.2) is 77.8 Å². The van der Waals surface area contributed by atoms with Crippen molar-refractivity contribution in [2.45, 2.75) is 57.0 Å². The highest BCUT2D eigenvalue weighted by Gasteiger charge is 2.46. The standard InChI is InChI=1S/C30H37NO3/c1-30(2)29(23-9-5-4-6-10-23)28(26-16-15-25(32-3)21-27(26)34-30)22-11-13-24(14-12-22)33-20-19-31-17-7-8-18-31/h4-6,9-14,21,28-29H,7-8,15-20H2,1-3H3/t28-,29?/m1/s1. The Morgan fingerprint density at radius 1 is 0.941 bits per heavy atom. The molecule has 2 aliphatic heterocycles. The lowest BCUT2D eigenvalue weighted by molar-refractivity contribution is -0.00948. The maximum absolute atomic E-state index is 6.65. The molecule has 0 N–H and O–H groups in total. The zero-order valence-electron chi connectivity index (χ0n) is 20.8. The Kier molecular flexibility index (Phi) is 6.69. The van der Waals surface area contributed by atoms with E-state index in [1.807, 2.05) is 0 Å². The molecule has 0 radical (unpaired) electrons. The minimum absolute atomic E-state index is 0.215. The summed E-state index contributed by atoms with van der Waals surface area (Å²) in [6, 6.07) is 19.6. The molecule has 180 valence electrons. The Labute approximate surface area is 204 Å². The van der Waals surface area contributed by atoms with Crippen LogP contribution in [0.1, 0.15) is 62.5 Å². The van der Waals surface area contributed by atoms with E-state index >= 15 is 0 Å². The molecule has 2 aromatic carbocycles. The molecule has 3 aliphatic rings. The zero-order chi connectivity index (χ0) is 23.5. The van der Waals surface area contributed by atoms with Crippen molar-refractivity contribution in [1.82, 2.24) is 4.90 Å². The van der Waals surface area contributed by atoms with Gasteiger partial charge in [-0.3, -0.25) is 4.90 Å². The van der Waals surface area contributed by atoms with Crippen LogP contribution in [-0.4, -0.2) is 43.9 Å². The zero-order valence-corrected chi connectivity index (χ0v) is 20.8. The van der Waals surface area contributed by atoms with Gasteiger partial charge in [0, 0.05) is 30.9 Å². The number of benzene rings is 2. The first-order valence-corrected chi connectivity index (χ1v) is 12.7. The predicted octanol–water partition coefficient (Wildman–Crippen LogP) is 6.42. The molecule has 0 amide bonds. The lowest BCUT2D eigenvalue weighted by Crippen LogP contribution is -2.41. The quantitative estimate of drug-likeness (QED) is 0.478. The molecule has 2 heterocycles. The molecule has 0 saturated carbocycles. The van der Waals surface area contributed by atoms with Gasteiger partial charge >= 0.3 is 0 Å². The molecule has 5 rings (SSSR count). The second-order valence-corrected chi connectivity index (χ2v) is 10.2. The summed E-state index contributed by atoms with van der Waals surface area (Å²) in [6.07, 6.45) is 6.60. The third kappa shape index (κ3) is 4.74. The summed E-state index contributed by atoms with van der Waals surface area (Å²) in [5.41, 5.74) is 3.65. The van der Waals surface area contributed by atoms with E-state index in [9.17, 15) is 0 Å². The van der Waals surface area contributed by atoms with Crippen molar-refractivity contribution in [2.75, 3.05) is 33.4 Å². The summed E-state index contributed by atoms with van der Waals surface area (Å²) < 4.78 is 18.3. The molecule has 4 nitrogen and oxygen atoms in total. The van der Waals surface area contributed by atoms with E-state index in [0.29, 0.717) is 0 Å². The van der Waals surface area contributed by atoms with Crippen LogP contribution in [0.3, 0.4) is 0 Å². The average molecular weight is 460 g/mol. The van der Waals surface area contributed by atoms with E-state index < -0.39 is 0 Å². The maximum Gasteiger partial charge on any atom is 0.123 e. The van der Waals surface area contributed by atoms with Crippen LogP contribution in [0.5, 0.6) is 5.75 Å². The summed E-state index contributed by atoms with van der Waals surface area (Å²) in [5.74, 6) is 3.38. The molecular weight excluding hydrogens is 422 g/mol. The minimum Gasteiger partial charge on any atom is -0.501 e. The monoisotopic (exact) mass is 459 g/mol. The topological polar surface area (TPSA) is 30.9 Å². The van der Waals surface area contributed by atoms with Gasteiger partial charge in [0.15, 0.2) is 0 Å². The first-order chi connectivity index (χ1) is 16.5. The molecule has 1 fully saturated rings. The van der Waals surface area contributed by atoms with E-state index in [2.05, 4.69) is 79.4 Å². The molecule has 0 bridgehead atoms. The number of methoxy groups -OCH3 is 1. The first-order valence-electron chi connectivity index (χ1n) is 12.7. The van der Waals surface area contributed by atoms with Crippen LogP contribution in [0, 0.1) is 0 Å². The van der Waals surface area contributed by atoms with E-state index in [-0.39, 0.29) is 17.4 Å². The molecule has 1 unspecified atom stereocenters. The van der Waals surface area contributed by atoms with Crippen LogP contribution in [-0.2, 0) is 9.47 Å². The Balaban J connectivity index is 1.45. The van der Waals surface area contributed by atoms with E-state index in [1.54, 1.807) is 7.11 Å². The van der Waals surface area contributed by atoms with Crippen LogP contribution in [0.25, 0.3) is 0 Å². The van der Waals surface area contributed by atoms with Gasteiger partial charge in [-0.15, -0.1) is 0 Å². The highest BCUT2D eigenvalue weighted by molar-refractivity contribution is 5.46. The second kappa shape index (κ2) is 9.87. The number of hydrogen-bond acceptors (Lipinski definition) is 4. The van der Waals surface area contributed by atoms with Gasteiger partial charge in [-0.25, -0.2) is 0 Å². The van der Waals surface area contributed by atoms with Crippen LogP contribution >= 0.6 is 0 Å². The largest absolute Gasteiger partial charge is 0.501 e. The van der Waals surface area contributed by atoms with Crippen LogP contribution in [0.2, 0.25) is 0 Å². The van der Waals surface area contributed by atoms with Gasteiger partial charge in [0.1, 0.15) is 23.7 Å². The number of ether oxygens (including phenoxy) is 3. The number of rotatable bonds is 7. The van der Waals surface area contributed by atoms with Crippen molar-refractivity contribution < 1.29 is 14.2 Å². The number of hydrogen-bond donors (Lipinski definition) is 0. The smallest absolute Gasteiger partial charge is 0.123 e. The number of allylic oxidation sites excluding steroid dienone is 3. The molecule has 1 aliphatic carbocycles. The molecule has 2 aromatic rings. The van der Waals surface area contributed by atoms with Crippen molar-refractivity contribution in [1.29, 1.82) is 0 Å². The van der Waals surface area contributed by atoms with Crippen LogP contribution in [0.4, 0.5) is 0 Å². The molecule has 4 heteroatoms. The van der Waals surface area contributed by atoms with Gasteiger partial charge in [-0.05, 0) is 75.0 Å². The molecule has 1 saturated heterocycles. The SMILES string of the molecule is COC1=CC2=C(CC1)[C@@H](c1ccc(OCCN3CCCC3)cc1)C(c1ccccc1)C(C)(C)O2. The van der Waals surface area contributed by atoms with Crippen molar-refractivity contribution in [2.24, 2.45) is 0 Å². The fourth-order valence-corrected chi connectivity index (χ4v) is 5.92. The normalized spacial score (nSPS) is 24.3. The summed E-state index contributed by atoms with van der Waals surface area (Å²) in [5, 5.41) is 0. The van der Waals surface area contributed by atoms with Gasteiger partial charge in [0.05, 0.1) is 12.9 Å². The summed E-state index contributed by atoms with van der Waals surface area (Å²) in [6.45, 7) is 8.60. The van der Waals surface area contributed by atoms with Gasteiger partial charge in [-0.2, -0.15) is 0 Å². The minimum atomic E-state index is -0.359. The average Bonchev–Trinajstić information content (AvgIpc) is 3.37. The van der Waals surface area contributed by atoms with Crippen molar-refractivity contribution in [3.63, 3.8) is 0 Å². The predicted molar refractivity (Wildman–Crippen MR) is 136 cm³/mol. The molecule has 2 atom stereocenters. The fraction of sp³-hybridized carbons (Fsp3) is 0.467. The Morgan fingerprint density at radius 3 is 2.38 bits per heavy atom. The summed E-state index contributed by atoms with van der Waals surface area (Å²) in [4.78, 5) is 2.49. The van der Waals surface area contributed by atoms with Gasteiger partial charge < -0.3 is 14.2 Å². The Bertz CT molecular complexity index is 1030.